The van der Waals surface area contributed by atoms with Crippen LogP contribution in [0.15, 0.2) is 6.07 Å². The number of nitrogens with one attached hydrogen (secondary N) is 2. The molecule has 1 aliphatic carbocycles. The van der Waals surface area contributed by atoms with Crippen LogP contribution in [0.3, 0.4) is 0 Å². The summed E-state index contributed by atoms with van der Waals surface area (Å²) in [6.07, 6.45) is 0.428. The van der Waals surface area contributed by atoms with Crippen LogP contribution >= 0.6 is 0 Å². The van der Waals surface area contributed by atoms with Crippen LogP contribution in [0.5, 0.6) is 0 Å². The second-order valence-corrected chi connectivity index (χ2v) is 6.65. The van der Waals surface area contributed by atoms with Gasteiger partial charge in [-0.15, -0.1) is 0 Å². The molecular weight excluding hydrogens is 256 g/mol. The van der Waals surface area contributed by atoms with Gasteiger partial charge in [0.2, 0.25) is 5.91 Å². The Morgan fingerprint density at radius 3 is 2.75 bits per heavy atom. The number of carbonyl (C=O) groups excluding carboxylic acids is 1. The zero-order chi connectivity index (χ0) is 14.9. The van der Waals surface area contributed by atoms with Gasteiger partial charge in [-0.3, -0.25) is 9.89 Å². The Labute approximate surface area is 119 Å². The van der Waals surface area contributed by atoms with Crippen molar-refractivity contribution < 1.29 is 9.90 Å². The lowest BCUT2D eigenvalue weighted by atomic mass is 9.92. The first-order valence-corrected chi connectivity index (χ1v) is 7.03. The van der Waals surface area contributed by atoms with Gasteiger partial charge in [-0.1, -0.05) is 20.8 Å². The number of amides is 1. The summed E-state index contributed by atoms with van der Waals surface area (Å²) in [6.45, 7) is 6.69. The number of nitrogens with two attached hydrogens (primary N) is 1. The van der Waals surface area contributed by atoms with Crippen LogP contribution in [0.2, 0.25) is 0 Å². The minimum atomic E-state index is -0.564. The van der Waals surface area contributed by atoms with Crippen molar-refractivity contribution >= 4 is 5.91 Å². The molecule has 1 amide bonds. The highest BCUT2D eigenvalue weighted by atomic mass is 16.3. The van der Waals surface area contributed by atoms with Crippen molar-refractivity contribution in [2.24, 2.45) is 11.7 Å². The van der Waals surface area contributed by atoms with Gasteiger partial charge in [-0.25, -0.2) is 0 Å². The third-order valence-electron chi connectivity index (χ3n) is 3.80. The first kappa shape index (κ1) is 15.0. The fraction of sp³-hybridized carbons (Fsp3) is 0.714. The predicted molar refractivity (Wildman–Crippen MR) is 75.8 cm³/mol. The van der Waals surface area contributed by atoms with Gasteiger partial charge in [0.25, 0.3) is 0 Å². The summed E-state index contributed by atoms with van der Waals surface area (Å²) in [6, 6.07) is 1.68. The fourth-order valence-corrected chi connectivity index (χ4v) is 2.43. The average Bonchev–Trinajstić information content (AvgIpc) is 2.94. The standard InChI is InChI=1S/C14H24N4O2/c1-14(2,3)12-6-9(17-18-12)7-16-13(20)8-4-10(15)11(19)5-8/h6,8,10-11,19H,4-5,7,15H2,1-3H3,(H,16,20)(H,17,18)/t8-,10-,11-/m0/s1. The number of H-pyrrole nitrogens is 1. The van der Waals surface area contributed by atoms with Crippen LogP contribution in [0.1, 0.15) is 45.0 Å². The van der Waals surface area contributed by atoms with E-state index >= 15 is 0 Å². The number of carbonyl (C=O) groups is 1. The maximum atomic E-state index is 12.0. The maximum absolute atomic E-state index is 12.0. The SMILES string of the molecule is CC(C)(C)c1cc(CNC(=O)[C@H]2C[C@H](N)[C@@H](O)C2)[nH]n1. The quantitative estimate of drug-likeness (QED) is 0.644. The molecule has 0 spiro atoms. The lowest BCUT2D eigenvalue weighted by Crippen LogP contribution is -2.30. The van der Waals surface area contributed by atoms with E-state index in [1.54, 1.807) is 0 Å². The smallest absolute Gasteiger partial charge is 0.223 e. The molecular formula is C14H24N4O2. The third kappa shape index (κ3) is 3.37. The molecule has 1 aromatic rings. The summed E-state index contributed by atoms with van der Waals surface area (Å²) in [5, 5.41) is 19.6. The van der Waals surface area contributed by atoms with Gasteiger partial charge in [0, 0.05) is 17.4 Å². The Morgan fingerprint density at radius 2 is 2.25 bits per heavy atom. The van der Waals surface area contributed by atoms with Crippen molar-refractivity contribution in [1.82, 2.24) is 15.5 Å². The largest absolute Gasteiger partial charge is 0.391 e. The molecule has 1 fully saturated rings. The number of nitrogens with zero attached hydrogens (tertiary/aromatic N) is 1. The number of hydrogen-bond acceptors (Lipinski definition) is 4. The number of rotatable bonds is 3. The second kappa shape index (κ2) is 5.54. The van der Waals surface area contributed by atoms with Crippen LogP contribution in [0, 0.1) is 5.92 Å². The topological polar surface area (TPSA) is 104 Å². The summed E-state index contributed by atoms with van der Waals surface area (Å²) in [7, 11) is 0. The molecule has 0 unspecified atom stereocenters. The zero-order valence-electron chi connectivity index (χ0n) is 12.3. The molecule has 2 rings (SSSR count). The molecule has 20 heavy (non-hydrogen) atoms. The first-order chi connectivity index (χ1) is 9.27. The normalized spacial score (nSPS) is 26.8. The first-order valence-electron chi connectivity index (χ1n) is 7.03. The number of aromatic nitrogens is 2. The lowest BCUT2D eigenvalue weighted by molar-refractivity contribution is -0.125. The predicted octanol–water partition coefficient (Wildman–Crippen LogP) is 0.422. The Hall–Kier alpha value is -1.40. The van der Waals surface area contributed by atoms with E-state index in [0.29, 0.717) is 19.4 Å². The molecule has 0 aromatic carbocycles. The number of aliphatic hydroxyl groups excluding tert-OH is 1. The fourth-order valence-electron chi connectivity index (χ4n) is 2.43. The number of aliphatic hydroxyl groups is 1. The van der Waals surface area contributed by atoms with Crippen LogP contribution in [0.25, 0.3) is 0 Å². The Kier molecular flexibility index (Phi) is 4.15. The molecule has 6 nitrogen and oxygen atoms in total. The lowest BCUT2D eigenvalue weighted by Gasteiger charge is -2.13. The minimum Gasteiger partial charge on any atom is -0.391 e. The van der Waals surface area contributed by atoms with E-state index < -0.39 is 6.10 Å². The highest BCUT2D eigenvalue weighted by Gasteiger charge is 2.34. The molecule has 0 saturated heterocycles. The Morgan fingerprint density at radius 1 is 1.55 bits per heavy atom. The maximum Gasteiger partial charge on any atom is 0.223 e. The van der Waals surface area contributed by atoms with Gasteiger partial charge >= 0.3 is 0 Å². The average molecular weight is 280 g/mol. The second-order valence-electron chi connectivity index (χ2n) is 6.65. The summed E-state index contributed by atoms with van der Waals surface area (Å²) in [4.78, 5) is 12.0. The molecule has 5 N–H and O–H groups in total. The number of hydrogen-bond donors (Lipinski definition) is 4. The summed E-state index contributed by atoms with van der Waals surface area (Å²) < 4.78 is 0. The van der Waals surface area contributed by atoms with Crippen LogP contribution in [0.4, 0.5) is 0 Å². The van der Waals surface area contributed by atoms with E-state index in [1.807, 2.05) is 6.07 Å². The Bertz CT molecular complexity index is 468. The molecule has 3 atom stereocenters. The molecule has 112 valence electrons. The van der Waals surface area contributed by atoms with Crippen LogP contribution < -0.4 is 11.1 Å². The van der Waals surface area contributed by atoms with Crippen molar-refractivity contribution in [1.29, 1.82) is 0 Å². The molecule has 1 aromatic heterocycles. The van der Waals surface area contributed by atoms with E-state index in [2.05, 4.69) is 36.3 Å². The molecule has 0 radical (unpaired) electrons. The van der Waals surface area contributed by atoms with Gasteiger partial charge in [0.15, 0.2) is 0 Å². The van der Waals surface area contributed by atoms with E-state index in [1.165, 1.54) is 0 Å². The van der Waals surface area contributed by atoms with Gasteiger partial charge < -0.3 is 16.2 Å². The molecule has 6 heteroatoms. The van der Waals surface area contributed by atoms with Gasteiger partial charge in [0.05, 0.1) is 24.0 Å². The number of aromatic amines is 1. The Balaban J connectivity index is 1.86. The summed E-state index contributed by atoms with van der Waals surface area (Å²) in [5.41, 5.74) is 7.56. The van der Waals surface area contributed by atoms with Crippen molar-refractivity contribution in [2.45, 2.75) is 57.7 Å². The molecule has 0 aliphatic heterocycles. The molecule has 0 bridgehead atoms. The third-order valence-corrected chi connectivity index (χ3v) is 3.80. The molecule has 1 aliphatic rings. The van der Waals surface area contributed by atoms with Crippen molar-refractivity contribution in [3.63, 3.8) is 0 Å². The van der Waals surface area contributed by atoms with Gasteiger partial charge in [-0.2, -0.15) is 5.10 Å². The molecule has 1 heterocycles. The molecule has 1 saturated carbocycles. The van der Waals surface area contributed by atoms with Crippen LogP contribution in [-0.2, 0) is 16.8 Å². The van der Waals surface area contributed by atoms with Crippen molar-refractivity contribution in [2.75, 3.05) is 0 Å². The van der Waals surface area contributed by atoms with Gasteiger partial charge in [0.1, 0.15) is 0 Å². The zero-order valence-corrected chi connectivity index (χ0v) is 12.3. The summed E-state index contributed by atoms with van der Waals surface area (Å²) in [5.74, 6) is -0.242. The highest BCUT2D eigenvalue weighted by Crippen LogP contribution is 2.25. The van der Waals surface area contributed by atoms with Gasteiger partial charge in [-0.05, 0) is 18.9 Å². The highest BCUT2D eigenvalue weighted by molar-refractivity contribution is 5.79. The van der Waals surface area contributed by atoms with E-state index in [9.17, 15) is 9.90 Å². The van der Waals surface area contributed by atoms with Crippen molar-refractivity contribution in [3.05, 3.63) is 17.5 Å². The van der Waals surface area contributed by atoms with E-state index in [0.717, 1.165) is 11.4 Å². The monoisotopic (exact) mass is 280 g/mol. The van der Waals surface area contributed by atoms with Crippen molar-refractivity contribution in [3.8, 4) is 0 Å². The van der Waals surface area contributed by atoms with E-state index in [-0.39, 0.29) is 23.3 Å². The van der Waals surface area contributed by atoms with E-state index in [4.69, 9.17) is 5.73 Å². The van der Waals surface area contributed by atoms with Crippen LogP contribution in [-0.4, -0.2) is 33.4 Å². The minimum absolute atomic E-state index is 0.0128. The summed E-state index contributed by atoms with van der Waals surface area (Å²) >= 11 is 0.